The fourth-order valence-corrected chi connectivity index (χ4v) is 3.08. The zero-order chi connectivity index (χ0) is 18.1. The molecule has 10 heteroatoms. The Hall–Kier alpha value is -3.04. The van der Waals surface area contributed by atoms with Crippen molar-refractivity contribution in [2.75, 3.05) is 5.32 Å². The van der Waals surface area contributed by atoms with Crippen LogP contribution in [0.4, 0.5) is 5.13 Å². The quantitative estimate of drug-likeness (QED) is 0.575. The number of amides is 1. The molecule has 26 heavy (non-hydrogen) atoms. The molecule has 130 valence electrons. The molecule has 1 N–H and O–H groups in total. The van der Waals surface area contributed by atoms with Crippen molar-refractivity contribution in [3.05, 3.63) is 59.1 Å². The van der Waals surface area contributed by atoms with Crippen LogP contribution in [0.2, 0.25) is 5.02 Å². The van der Waals surface area contributed by atoms with E-state index in [2.05, 4.69) is 25.0 Å². The van der Waals surface area contributed by atoms with Crippen molar-refractivity contribution < 1.29 is 9.21 Å². The van der Waals surface area contributed by atoms with Crippen LogP contribution in [0.15, 0.2) is 47.1 Å². The lowest BCUT2D eigenvalue weighted by Gasteiger charge is -2.03. The van der Waals surface area contributed by atoms with E-state index in [1.807, 2.05) is 19.1 Å². The molecular weight excluding hydrogens is 376 g/mol. The van der Waals surface area contributed by atoms with Gasteiger partial charge in [0.25, 0.3) is 5.91 Å². The lowest BCUT2D eigenvalue weighted by Crippen LogP contribution is -2.10. The Bertz CT molecular complexity index is 1070. The summed E-state index contributed by atoms with van der Waals surface area (Å²) in [5.41, 5.74) is 2.07. The molecule has 0 aliphatic rings. The third-order valence-electron chi connectivity index (χ3n) is 3.55. The fraction of sp³-hybridized carbons (Fsp3) is 0.0625. The predicted octanol–water partition coefficient (Wildman–Crippen LogP) is 3.59. The minimum absolute atomic E-state index is 0.199. The molecule has 0 atom stereocenters. The van der Waals surface area contributed by atoms with Crippen molar-refractivity contribution in [2.24, 2.45) is 0 Å². The summed E-state index contributed by atoms with van der Waals surface area (Å²) in [7, 11) is 0. The van der Waals surface area contributed by atoms with Gasteiger partial charge in [-0.25, -0.2) is 4.68 Å². The smallest absolute Gasteiger partial charge is 0.293 e. The Morgan fingerprint density at radius 3 is 2.96 bits per heavy atom. The number of hydrogen-bond donors (Lipinski definition) is 1. The van der Waals surface area contributed by atoms with Gasteiger partial charge in [0.2, 0.25) is 5.13 Å². The lowest BCUT2D eigenvalue weighted by molar-refractivity contribution is 0.0996. The number of anilines is 1. The van der Waals surface area contributed by atoms with E-state index in [1.54, 1.807) is 28.9 Å². The molecule has 0 fully saturated rings. The van der Waals surface area contributed by atoms with Crippen molar-refractivity contribution in [1.29, 1.82) is 0 Å². The number of aromatic nitrogens is 5. The van der Waals surface area contributed by atoms with Crippen molar-refractivity contribution >= 4 is 34.2 Å². The van der Waals surface area contributed by atoms with Crippen LogP contribution in [0.5, 0.6) is 0 Å². The molecule has 0 bridgehead atoms. The van der Waals surface area contributed by atoms with Crippen molar-refractivity contribution in [3.8, 4) is 17.2 Å². The van der Waals surface area contributed by atoms with Gasteiger partial charge in [-0.1, -0.05) is 22.9 Å². The summed E-state index contributed by atoms with van der Waals surface area (Å²) >= 11 is 7.09. The van der Waals surface area contributed by atoms with Crippen LogP contribution in [0.1, 0.15) is 16.2 Å². The van der Waals surface area contributed by atoms with Gasteiger partial charge in [0.15, 0.2) is 17.3 Å². The summed E-state index contributed by atoms with van der Waals surface area (Å²) in [6, 6.07) is 10.5. The topological polar surface area (TPSA) is 98.7 Å². The molecule has 0 aliphatic heterocycles. The Kier molecular flexibility index (Phi) is 4.23. The van der Waals surface area contributed by atoms with E-state index >= 15 is 0 Å². The van der Waals surface area contributed by atoms with Crippen LogP contribution >= 0.6 is 23.1 Å². The largest absolute Gasteiger partial charge is 0.459 e. The summed E-state index contributed by atoms with van der Waals surface area (Å²) < 4.78 is 11.0. The molecule has 4 rings (SSSR count). The van der Waals surface area contributed by atoms with Gasteiger partial charge in [0.1, 0.15) is 0 Å². The first-order valence-electron chi connectivity index (χ1n) is 7.49. The molecule has 0 radical (unpaired) electrons. The average molecular weight is 387 g/mol. The van der Waals surface area contributed by atoms with Gasteiger partial charge in [-0.3, -0.25) is 10.1 Å². The van der Waals surface area contributed by atoms with Crippen molar-refractivity contribution in [3.63, 3.8) is 0 Å². The van der Waals surface area contributed by atoms with Crippen molar-refractivity contribution in [2.45, 2.75) is 6.92 Å². The van der Waals surface area contributed by atoms with E-state index in [9.17, 15) is 4.79 Å². The molecule has 1 aromatic carbocycles. The second kappa shape index (κ2) is 6.70. The van der Waals surface area contributed by atoms with Gasteiger partial charge in [-0.15, -0.1) is 5.10 Å². The van der Waals surface area contributed by atoms with E-state index < -0.39 is 5.91 Å². The van der Waals surface area contributed by atoms with E-state index in [0.29, 0.717) is 21.7 Å². The number of hydrogen-bond acceptors (Lipinski definition) is 7. The molecule has 3 heterocycles. The van der Waals surface area contributed by atoms with Gasteiger partial charge in [0, 0.05) is 16.6 Å². The molecular formula is C16H11ClN6O2S. The highest BCUT2D eigenvalue weighted by molar-refractivity contribution is 7.10. The highest BCUT2D eigenvalue weighted by atomic mass is 35.5. The highest BCUT2D eigenvalue weighted by Gasteiger charge is 2.18. The monoisotopic (exact) mass is 386 g/mol. The third-order valence-corrected chi connectivity index (χ3v) is 4.42. The van der Waals surface area contributed by atoms with Crippen LogP contribution in [0.3, 0.4) is 0 Å². The van der Waals surface area contributed by atoms with Gasteiger partial charge >= 0.3 is 0 Å². The van der Waals surface area contributed by atoms with E-state index in [-0.39, 0.29) is 5.76 Å². The maximum Gasteiger partial charge on any atom is 0.293 e. The summed E-state index contributed by atoms with van der Waals surface area (Å²) in [6.45, 7) is 1.86. The summed E-state index contributed by atoms with van der Waals surface area (Å²) in [4.78, 5) is 16.3. The molecule has 0 saturated heterocycles. The Labute approximate surface area is 156 Å². The minimum Gasteiger partial charge on any atom is -0.459 e. The number of carbonyl (C=O) groups excluding carboxylic acids is 1. The highest BCUT2D eigenvalue weighted by Crippen LogP contribution is 2.24. The normalized spacial score (nSPS) is 10.8. The predicted molar refractivity (Wildman–Crippen MR) is 96.7 cm³/mol. The molecule has 0 unspecified atom stereocenters. The van der Waals surface area contributed by atoms with Crippen LogP contribution < -0.4 is 5.32 Å². The lowest BCUT2D eigenvalue weighted by atomic mass is 10.3. The molecule has 4 aromatic rings. The Morgan fingerprint density at radius 1 is 1.31 bits per heavy atom. The van der Waals surface area contributed by atoms with Crippen LogP contribution in [-0.4, -0.2) is 30.3 Å². The first-order valence-corrected chi connectivity index (χ1v) is 8.64. The second-order valence-electron chi connectivity index (χ2n) is 5.27. The first kappa shape index (κ1) is 16.4. The number of halogens is 1. The molecule has 1 amide bonds. The van der Waals surface area contributed by atoms with E-state index in [1.165, 1.54) is 6.26 Å². The number of nitrogens with one attached hydrogen (secondary N) is 1. The SMILES string of the molecule is Cc1c(-c2nsc(NC(=O)c3ccco3)n2)nnn1-c1cccc(Cl)c1. The molecule has 0 aliphatic carbocycles. The number of benzene rings is 1. The Morgan fingerprint density at radius 2 is 2.19 bits per heavy atom. The van der Waals surface area contributed by atoms with E-state index in [4.69, 9.17) is 16.0 Å². The third kappa shape index (κ3) is 3.09. The number of carbonyl (C=O) groups is 1. The second-order valence-corrected chi connectivity index (χ2v) is 6.46. The maximum absolute atomic E-state index is 12.0. The van der Waals surface area contributed by atoms with Crippen LogP contribution in [0.25, 0.3) is 17.2 Å². The molecule has 3 aromatic heterocycles. The number of rotatable bonds is 4. The minimum atomic E-state index is -0.392. The fourth-order valence-electron chi connectivity index (χ4n) is 2.33. The van der Waals surface area contributed by atoms with E-state index in [0.717, 1.165) is 22.9 Å². The molecule has 0 spiro atoms. The number of nitrogens with zero attached hydrogens (tertiary/aromatic N) is 5. The summed E-state index contributed by atoms with van der Waals surface area (Å²) in [5, 5.41) is 11.9. The zero-order valence-corrected chi connectivity index (χ0v) is 15.0. The summed E-state index contributed by atoms with van der Waals surface area (Å²) in [5.74, 6) is 0.192. The average Bonchev–Trinajstić information content (AvgIpc) is 3.35. The Balaban J connectivity index is 1.59. The summed E-state index contributed by atoms with van der Waals surface area (Å²) in [6.07, 6.45) is 1.43. The first-order chi connectivity index (χ1) is 12.6. The molecule has 8 nitrogen and oxygen atoms in total. The van der Waals surface area contributed by atoms with Gasteiger partial charge in [-0.2, -0.15) is 9.36 Å². The number of furan rings is 1. The maximum atomic E-state index is 12.0. The van der Waals surface area contributed by atoms with Gasteiger partial charge in [-0.05, 0) is 37.3 Å². The van der Waals surface area contributed by atoms with Crippen LogP contribution in [0, 0.1) is 6.92 Å². The zero-order valence-electron chi connectivity index (χ0n) is 13.4. The molecule has 0 saturated carbocycles. The van der Waals surface area contributed by atoms with Crippen molar-refractivity contribution in [1.82, 2.24) is 24.4 Å². The van der Waals surface area contributed by atoms with Crippen LogP contribution in [-0.2, 0) is 0 Å². The van der Waals surface area contributed by atoms with Gasteiger partial charge < -0.3 is 4.42 Å². The van der Waals surface area contributed by atoms with Gasteiger partial charge in [0.05, 0.1) is 17.6 Å². The standard InChI is InChI=1S/C16H11ClN6O2S/c1-9-13(20-22-23(9)11-5-2-4-10(17)8-11)14-18-16(26-21-14)19-15(24)12-6-3-7-25-12/h2-8H,1H3,(H,18,19,21,24).